The highest BCUT2D eigenvalue weighted by molar-refractivity contribution is 7.80. The van der Waals surface area contributed by atoms with E-state index in [1.54, 1.807) is 18.1 Å². The van der Waals surface area contributed by atoms with Crippen LogP contribution in [0, 0.1) is 0 Å². The third-order valence-electron chi connectivity index (χ3n) is 6.02. The van der Waals surface area contributed by atoms with Crippen LogP contribution in [0.2, 0.25) is 0 Å². The van der Waals surface area contributed by atoms with Crippen molar-refractivity contribution in [2.45, 2.75) is 18.8 Å². The fraction of sp³-hybridized carbons (Fsp3) is 0.435. The Kier molecular flexibility index (Phi) is 7.60. The minimum Gasteiger partial charge on any atom is -0.442 e. The second-order valence-corrected chi connectivity index (χ2v) is 8.82. The second kappa shape index (κ2) is 10.6. The molecule has 1 aromatic carbocycles. The topological polar surface area (TPSA) is 73.0 Å². The van der Waals surface area contributed by atoms with Gasteiger partial charge in [-0.3, -0.25) is 9.80 Å². The zero-order valence-electron chi connectivity index (χ0n) is 19.2. The normalized spacial score (nSPS) is 19.0. The van der Waals surface area contributed by atoms with Crippen LogP contribution in [0.4, 0.5) is 29.5 Å². The van der Waals surface area contributed by atoms with Crippen LogP contribution in [0.25, 0.3) is 0 Å². The molecule has 2 saturated heterocycles. The molecule has 0 unspecified atom stereocenters. The molecule has 12 heteroatoms. The monoisotopic (exact) mass is 508 g/mol. The summed E-state index contributed by atoms with van der Waals surface area (Å²) in [6.07, 6.45) is -3.38. The number of pyridine rings is 1. The lowest BCUT2D eigenvalue weighted by atomic mass is 10.1. The number of nitrogens with zero attached hydrogens (tertiary/aromatic N) is 4. The molecule has 1 amide bonds. The highest BCUT2D eigenvalue weighted by Gasteiger charge is 2.33. The number of anilines is 2. The Morgan fingerprint density at radius 2 is 1.86 bits per heavy atom. The molecule has 2 fully saturated rings. The van der Waals surface area contributed by atoms with Gasteiger partial charge in [0.1, 0.15) is 11.9 Å². The van der Waals surface area contributed by atoms with E-state index in [4.69, 9.17) is 17.0 Å². The fourth-order valence-electron chi connectivity index (χ4n) is 4.05. The number of benzene rings is 1. The van der Waals surface area contributed by atoms with Crippen LogP contribution in [0.3, 0.4) is 0 Å². The van der Waals surface area contributed by atoms with Gasteiger partial charge in [0.25, 0.3) is 0 Å². The van der Waals surface area contributed by atoms with Crippen molar-refractivity contribution in [1.29, 1.82) is 0 Å². The molecule has 0 spiro atoms. The largest absolute Gasteiger partial charge is 0.442 e. The molecule has 2 aromatic rings. The maximum atomic E-state index is 12.7. The summed E-state index contributed by atoms with van der Waals surface area (Å²) in [5, 5.41) is 6.30. The first kappa shape index (κ1) is 25.0. The molecule has 2 N–H and O–H groups in total. The van der Waals surface area contributed by atoms with E-state index in [2.05, 4.69) is 25.4 Å². The number of hydrogen-bond donors (Lipinski definition) is 2. The van der Waals surface area contributed by atoms with Crippen LogP contribution in [-0.2, 0) is 17.5 Å². The number of piperazine rings is 1. The standard InChI is InChI=1S/C23H27F3N6O2S/c1-27-21(35)29-13-19-15-32(22(33)34-19)18-6-7-20(28-12-18)31-10-8-30(9-11-31)14-16-2-4-17(5-3-16)23(24,25)26/h2-7,12,19H,8-11,13-15H2,1H3,(H2,27,29,35)/t19-/m0/s1. The molecule has 0 radical (unpaired) electrons. The number of nitrogens with one attached hydrogen (secondary N) is 2. The number of carbonyl (C=O) groups excluding carboxylic acids is 1. The maximum absolute atomic E-state index is 12.7. The minimum atomic E-state index is -4.32. The number of hydrogen-bond acceptors (Lipinski definition) is 6. The van der Waals surface area contributed by atoms with Crippen LogP contribution >= 0.6 is 12.2 Å². The molecule has 3 heterocycles. The van der Waals surface area contributed by atoms with E-state index in [0.29, 0.717) is 30.4 Å². The summed E-state index contributed by atoms with van der Waals surface area (Å²) < 4.78 is 43.6. The van der Waals surface area contributed by atoms with Crippen molar-refractivity contribution < 1.29 is 22.7 Å². The lowest BCUT2D eigenvalue weighted by Crippen LogP contribution is -2.46. The van der Waals surface area contributed by atoms with Crippen molar-refractivity contribution in [2.75, 3.05) is 56.1 Å². The number of cyclic esters (lactones) is 1. The van der Waals surface area contributed by atoms with Gasteiger partial charge in [-0.05, 0) is 42.0 Å². The summed E-state index contributed by atoms with van der Waals surface area (Å²) in [4.78, 5) is 22.7. The SMILES string of the molecule is CNC(=S)NC[C@H]1CN(c2ccc(N3CCN(Cc4ccc(C(F)(F)F)cc4)CC3)nc2)C(=O)O1. The van der Waals surface area contributed by atoms with Gasteiger partial charge in [0.05, 0.1) is 30.5 Å². The zero-order valence-corrected chi connectivity index (χ0v) is 20.0. The van der Waals surface area contributed by atoms with Gasteiger partial charge in [-0.1, -0.05) is 12.1 Å². The summed E-state index contributed by atoms with van der Waals surface area (Å²) in [6.45, 7) is 4.46. The van der Waals surface area contributed by atoms with Crippen molar-refractivity contribution >= 4 is 34.9 Å². The molecule has 35 heavy (non-hydrogen) atoms. The molecule has 2 aliphatic heterocycles. The fourth-order valence-corrected chi connectivity index (χ4v) is 4.13. The predicted molar refractivity (Wildman–Crippen MR) is 130 cm³/mol. The first-order chi connectivity index (χ1) is 16.7. The molecule has 4 rings (SSSR count). The Balaban J connectivity index is 1.27. The van der Waals surface area contributed by atoms with Crippen LogP contribution in [-0.4, -0.2) is 73.5 Å². The van der Waals surface area contributed by atoms with Crippen molar-refractivity contribution in [3.63, 3.8) is 0 Å². The third-order valence-corrected chi connectivity index (χ3v) is 6.37. The number of carbonyl (C=O) groups is 1. The smallest absolute Gasteiger partial charge is 0.416 e. The summed E-state index contributed by atoms with van der Waals surface area (Å²) in [6, 6.07) is 9.07. The summed E-state index contributed by atoms with van der Waals surface area (Å²) >= 11 is 5.04. The quantitative estimate of drug-likeness (QED) is 0.578. The van der Waals surface area contributed by atoms with Gasteiger partial charge >= 0.3 is 12.3 Å². The van der Waals surface area contributed by atoms with Gasteiger partial charge in [-0.15, -0.1) is 0 Å². The lowest BCUT2D eigenvalue weighted by molar-refractivity contribution is -0.137. The average Bonchev–Trinajstić information content (AvgIpc) is 3.23. The number of aromatic nitrogens is 1. The molecule has 0 aliphatic carbocycles. The maximum Gasteiger partial charge on any atom is 0.416 e. The van der Waals surface area contributed by atoms with E-state index >= 15 is 0 Å². The Hall–Kier alpha value is -3.12. The summed E-state index contributed by atoms with van der Waals surface area (Å²) in [7, 11) is 1.72. The first-order valence-electron chi connectivity index (χ1n) is 11.3. The molecule has 188 valence electrons. The van der Waals surface area contributed by atoms with Gasteiger partial charge in [-0.25, -0.2) is 9.78 Å². The van der Waals surface area contributed by atoms with E-state index < -0.39 is 17.8 Å². The lowest BCUT2D eigenvalue weighted by Gasteiger charge is -2.35. The Morgan fingerprint density at radius 3 is 2.46 bits per heavy atom. The number of halogens is 3. The molecule has 0 saturated carbocycles. The molecule has 1 aromatic heterocycles. The van der Waals surface area contributed by atoms with Gasteiger partial charge in [0, 0.05) is 39.8 Å². The first-order valence-corrected chi connectivity index (χ1v) is 11.7. The van der Waals surface area contributed by atoms with Crippen molar-refractivity contribution in [3.05, 3.63) is 53.7 Å². The van der Waals surface area contributed by atoms with Crippen LogP contribution in [0.1, 0.15) is 11.1 Å². The number of rotatable bonds is 6. The number of amides is 1. The van der Waals surface area contributed by atoms with Crippen LogP contribution in [0.15, 0.2) is 42.6 Å². The molecular weight excluding hydrogens is 481 g/mol. The van der Waals surface area contributed by atoms with Gasteiger partial charge in [0.2, 0.25) is 0 Å². The zero-order chi connectivity index (χ0) is 25.0. The van der Waals surface area contributed by atoms with E-state index in [1.165, 1.54) is 12.1 Å². The number of alkyl halides is 3. The Morgan fingerprint density at radius 1 is 1.14 bits per heavy atom. The Bertz CT molecular complexity index is 1030. The van der Waals surface area contributed by atoms with E-state index in [9.17, 15) is 18.0 Å². The Labute approximate surface area is 207 Å². The van der Waals surface area contributed by atoms with E-state index in [0.717, 1.165) is 49.7 Å². The van der Waals surface area contributed by atoms with Crippen molar-refractivity contribution in [3.8, 4) is 0 Å². The van der Waals surface area contributed by atoms with Crippen LogP contribution < -0.4 is 20.4 Å². The van der Waals surface area contributed by atoms with Gasteiger partial charge < -0.3 is 20.3 Å². The predicted octanol–water partition coefficient (Wildman–Crippen LogP) is 2.84. The molecule has 8 nitrogen and oxygen atoms in total. The third kappa shape index (κ3) is 6.31. The van der Waals surface area contributed by atoms with Crippen molar-refractivity contribution in [1.82, 2.24) is 20.5 Å². The molecule has 2 aliphatic rings. The van der Waals surface area contributed by atoms with E-state index in [-0.39, 0.29) is 6.10 Å². The number of ether oxygens (including phenoxy) is 1. The van der Waals surface area contributed by atoms with Gasteiger partial charge in [0.15, 0.2) is 5.11 Å². The van der Waals surface area contributed by atoms with Crippen molar-refractivity contribution in [2.24, 2.45) is 0 Å². The molecule has 0 bridgehead atoms. The summed E-state index contributed by atoms with van der Waals surface area (Å²) in [5.74, 6) is 0.813. The molecular formula is C23H27F3N6O2S. The second-order valence-electron chi connectivity index (χ2n) is 8.41. The molecule has 1 atom stereocenters. The number of thiocarbonyl (C=S) groups is 1. The van der Waals surface area contributed by atoms with E-state index in [1.807, 2.05) is 12.1 Å². The highest BCUT2D eigenvalue weighted by Crippen LogP contribution is 2.29. The summed E-state index contributed by atoms with van der Waals surface area (Å²) in [5.41, 5.74) is 0.888. The highest BCUT2D eigenvalue weighted by atomic mass is 32.1. The minimum absolute atomic E-state index is 0.314. The van der Waals surface area contributed by atoms with Gasteiger partial charge in [-0.2, -0.15) is 13.2 Å². The van der Waals surface area contributed by atoms with Crippen LogP contribution in [0.5, 0.6) is 0 Å². The average molecular weight is 509 g/mol.